The van der Waals surface area contributed by atoms with E-state index in [-0.39, 0.29) is 0 Å². The molecule has 23 heavy (non-hydrogen) atoms. The van der Waals surface area contributed by atoms with E-state index in [0.717, 1.165) is 10.9 Å². The van der Waals surface area contributed by atoms with Crippen molar-refractivity contribution in [3.63, 3.8) is 0 Å². The van der Waals surface area contributed by atoms with Gasteiger partial charge in [-0.25, -0.2) is 0 Å². The maximum absolute atomic E-state index is 12.4. The van der Waals surface area contributed by atoms with Gasteiger partial charge in [0.25, 0.3) is 11.7 Å². The molecule has 116 valence electrons. The Kier molecular flexibility index (Phi) is 4.11. The number of halogens is 2. The highest BCUT2D eigenvalue weighted by Crippen LogP contribution is 2.25. The van der Waals surface area contributed by atoms with Crippen LogP contribution in [0.2, 0.25) is 10.0 Å². The van der Waals surface area contributed by atoms with E-state index >= 15 is 0 Å². The molecule has 1 N–H and O–H groups in total. The Balaban J connectivity index is 1.89. The number of benzene rings is 2. The van der Waals surface area contributed by atoms with Gasteiger partial charge in [0, 0.05) is 29.8 Å². The van der Waals surface area contributed by atoms with Gasteiger partial charge in [0.1, 0.15) is 0 Å². The topological polar surface area (TPSA) is 51.1 Å². The number of anilines is 1. The molecule has 3 aromatic rings. The number of hydrogen-bond acceptors (Lipinski definition) is 2. The van der Waals surface area contributed by atoms with Crippen molar-refractivity contribution in [2.45, 2.75) is 0 Å². The Morgan fingerprint density at radius 3 is 2.52 bits per heavy atom. The number of nitrogens with one attached hydrogen (secondary N) is 1. The number of nitrogens with zero attached hydrogens (tertiary/aromatic N) is 1. The summed E-state index contributed by atoms with van der Waals surface area (Å²) >= 11 is 11.7. The summed E-state index contributed by atoms with van der Waals surface area (Å²) in [6, 6.07) is 12.1. The second-order valence-electron chi connectivity index (χ2n) is 5.08. The van der Waals surface area contributed by atoms with Crippen molar-refractivity contribution >= 4 is 51.5 Å². The van der Waals surface area contributed by atoms with Gasteiger partial charge in [-0.2, -0.15) is 0 Å². The molecular formula is C17H12Cl2N2O2. The third-order valence-corrected chi connectivity index (χ3v) is 4.26. The minimum atomic E-state index is -0.722. The summed E-state index contributed by atoms with van der Waals surface area (Å²) in [7, 11) is 1.83. The highest BCUT2D eigenvalue weighted by Gasteiger charge is 2.21. The molecule has 0 saturated heterocycles. The molecular weight excluding hydrogens is 335 g/mol. The van der Waals surface area contributed by atoms with E-state index in [2.05, 4.69) is 5.32 Å². The van der Waals surface area contributed by atoms with E-state index in [0.29, 0.717) is 21.3 Å². The highest BCUT2D eigenvalue weighted by molar-refractivity contribution is 6.48. The van der Waals surface area contributed by atoms with Crippen molar-refractivity contribution < 1.29 is 9.59 Å². The van der Waals surface area contributed by atoms with Gasteiger partial charge in [0.2, 0.25) is 0 Å². The number of aromatic nitrogens is 1. The molecule has 0 aliphatic heterocycles. The number of rotatable bonds is 3. The maximum atomic E-state index is 12.4. The Hall–Kier alpha value is -2.30. The molecule has 0 saturated carbocycles. The van der Waals surface area contributed by atoms with Gasteiger partial charge in [-0.3, -0.25) is 9.59 Å². The Bertz CT molecular complexity index is 931. The van der Waals surface area contributed by atoms with E-state index in [1.165, 1.54) is 6.07 Å². The molecule has 3 rings (SSSR count). The molecule has 0 radical (unpaired) electrons. The summed E-state index contributed by atoms with van der Waals surface area (Å²) in [6.07, 6.45) is 1.65. The summed E-state index contributed by atoms with van der Waals surface area (Å²) in [4.78, 5) is 24.7. The average Bonchev–Trinajstić information content (AvgIpc) is 2.88. The van der Waals surface area contributed by atoms with Crippen molar-refractivity contribution in [3.8, 4) is 0 Å². The average molecular weight is 347 g/mol. The zero-order valence-corrected chi connectivity index (χ0v) is 13.7. The number of aryl methyl sites for hydroxylation is 1. The molecule has 0 fully saturated rings. The van der Waals surface area contributed by atoms with E-state index in [1.807, 2.05) is 35.9 Å². The lowest BCUT2D eigenvalue weighted by atomic mass is 10.1. The second kappa shape index (κ2) is 6.07. The Morgan fingerprint density at radius 1 is 1.04 bits per heavy atom. The van der Waals surface area contributed by atoms with Crippen molar-refractivity contribution in [3.05, 3.63) is 64.3 Å². The number of carbonyl (C=O) groups is 2. The van der Waals surface area contributed by atoms with Crippen molar-refractivity contribution in [1.29, 1.82) is 0 Å². The molecule has 0 aliphatic rings. The molecule has 1 amide bonds. The second-order valence-corrected chi connectivity index (χ2v) is 5.90. The van der Waals surface area contributed by atoms with Gasteiger partial charge in [-0.15, -0.1) is 0 Å². The van der Waals surface area contributed by atoms with Crippen LogP contribution in [0.3, 0.4) is 0 Å². The van der Waals surface area contributed by atoms with Crippen LogP contribution in [-0.2, 0) is 11.8 Å². The number of hydrogen-bond donors (Lipinski definition) is 1. The normalized spacial score (nSPS) is 10.7. The summed E-state index contributed by atoms with van der Waals surface area (Å²) in [6.45, 7) is 0. The van der Waals surface area contributed by atoms with Crippen LogP contribution in [0, 0.1) is 0 Å². The minimum Gasteiger partial charge on any atom is -0.350 e. The first-order valence-electron chi connectivity index (χ1n) is 6.82. The number of ketones is 1. The van der Waals surface area contributed by atoms with Crippen molar-refractivity contribution in [2.24, 2.45) is 7.05 Å². The fraction of sp³-hybridized carbons (Fsp3) is 0.0588. The molecule has 6 heteroatoms. The van der Waals surface area contributed by atoms with E-state index in [9.17, 15) is 9.59 Å². The molecule has 4 nitrogen and oxygen atoms in total. The van der Waals surface area contributed by atoms with E-state index in [1.54, 1.807) is 18.3 Å². The standard InChI is InChI=1S/C17H12Cl2N2O2/c1-21-9-12(11-4-2-3-5-15(11)21)16(22)17(23)20-10-6-7-13(18)14(19)8-10/h2-9H,1H3,(H,20,23). The number of para-hydroxylation sites is 1. The summed E-state index contributed by atoms with van der Waals surface area (Å²) in [5, 5.41) is 3.97. The molecule has 1 aromatic heterocycles. The molecule has 0 aliphatic carbocycles. The van der Waals surface area contributed by atoms with Crippen LogP contribution in [0.25, 0.3) is 10.9 Å². The first-order valence-corrected chi connectivity index (χ1v) is 7.58. The van der Waals surface area contributed by atoms with Gasteiger partial charge in [-0.1, -0.05) is 41.4 Å². The monoisotopic (exact) mass is 346 g/mol. The van der Waals surface area contributed by atoms with Gasteiger partial charge in [0.15, 0.2) is 0 Å². The quantitative estimate of drug-likeness (QED) is 0.567. The van der Waals surface area contributed by atoms with Crippen LogP contribution >= 0.6 is 23.2 Å². The zero-order valence-electron chi connectivity index (χ0n) is 12.1. The summed E-state index contributed by atoms with van der Waals surface area (Å²) < 4.78 is 1.81. The fourth-order valence-electron chi connectivity index (χ4n) is 2.41. The third kappa shape index (κ3) is 2.96. The lowest BCUT2D eigenvalue weighted by Gasteiger charge is -2.05. The van der Waals surface area contributed by atoms with Crippen LogP contribution in [0.4, 0.5) is 5.69 Å². The molecule has 1 heterocycles. The van der Waals surface area contributed by atoms with Crippen LogP contribution in [0.15, 0.2) is 48.7 Å². The molecule has 0 atom stereocenters. The number of Topliss-reactive ketones (excluding diaryl/α,β-unsaturated/α-hetero) is 1. The van der Waals surface area contributed by atoms with Gasteiger partial charge in [-0.05, 0) is 24.3 Å². The fourth-order valence-corrected chi connectivity index (χ4v) is 2.70. The third-order valence-electron chi connectivity index (χ3n) is 3.53. The number of fused-ring (bicyclic) bond motifs is 1. The predicted octanol–water partition coefficient (Wildman–Crippen LogP) is 4.31. The number of amides is 1. The lowest BCUT2D eigenvalue weighted by Crippen LogP contribution is -2.22. The summed E-state index contributed by atoms with van der Waals surface area (Å²) in [5.41, 5.74) is 1.66. The van der Waals surface area contributed by atoms with Crippen LogP contribution in [-0.4, -0.2) is 16.3 Å². The van der Waals surface area contributed by atoms with Crippen molar-refractivity contribution in [2.75, 3.05) is 5.32 Å². The first-order chi connectivity index (χ1) is 11.0. The Morgan fingerprint density at radius 2 is 1.78 bits per heavy atom. The van der Waals surface area contributed by atoms with Crippen LogP contribution in [0.1, 0.15) is 10.4 Å². The van der Waals surface area contributed by atoms with Gasteiger partial charge in [0.05, 0.1) is 15.6 Å². The molecule has 2 aromatic carbocycles. The SMILES string of the molecule is Cn1cc(C(=O)C(=O)Nc2ccc(Cl)c(Cl)c2)c2ccccc21. The number of carbonyl (C=O) groups excluding carboxylic acids is 2. The Labute approximate surface area is 142 Å². The minimum absolute atomic E-state index is 0.307. The predicted molar refractivity (Wildman–Crippen MR) is 92.3 cm³/mol. The molecule has 0 bridgehead atoms. The zero-order chi connectivity index (χ0) is 16.6. The molecule has 0 spiro atoms. The summed E-state index contributed by atoms with van der Waals surface area (Å²) in [5.74, 6) is -1.33. The van der Waals surface area contributed by atoms with Crippen LogP contribution < -0.4 is 5.32 Å². The smallest absolute Gasteiger partial charge is 0.296 e. The molecule has 0 unspecified atom stereocenters. The van der Waals surface area contributed by atoms with Gasteiger partial charge < -0.3 is 9.88 Å². The van der Waals surface area contributed by atoms with Gasteiger partial charge >= 0.3 is 0 Å². The van der Waals surface area contributed by atoms with Crippen LogP contribution in [0.5, 0.6) is 0 Å². The maximum Gasteiger partial charge on any atom is 0.296 e. The first kappa shape index (κ1) is 15.6. The largest absolute Gasteiger partial charge is 0.350 e. The highest BCUT2D eigenvalue weighted by atomic mass is 35.5. The van der Waals surface area contributed by atoms with E-state index < -0.39 is 11.7 Å². The van der Waals surface area contributed by atoms with Crippen molar-refractivity contribution in [1.82, 2.24) is 4.57 Å². The van der Waals surface area contributed by atoms with E-state index in [4.69, 9.17) is 23.2 Å². The lowest BCUT2D eigenvalue weighted by molar-refractivity contribution is -0.112.